The van der Waals surface area contributed by atoms with Gasteiger partial charge in [-0.3, -0.25) is 4.79 Å². The Kier molecular flexibility index (Phi) is 8.27. The van der Waals surface area contributed by atoms with E-state index >= 15 is 0 Å². The lowest BCUT2D eigenvalue weighted by Gasteiger charge is -2.42. The van der Waals surface area contributed by atoms with Crippen LogP contribution in [0.3, 0.4) is 0 Å². The summed E-state index contributed by atoms with van der Waals surface area (Å²) in [5.74, 6) is 0.372. The molecule has 0 bridgehead atoms. The molecule has 0 saturated carbocycles. The number of hydrogen-bond donors (Lipinski definition) is 1. The number of carbonyl (C=O) groups excluding carboxylic acids is 1. The molecule has 1 fully saturated rings. The Bertz CT molecular complexity index is 292. The van der Waals surface area contributed by atoms with Crippen molar-refractivity contribution in [1.29, 1.82) is 0 Å². The molecule has 0 aliphatic carbocycles. The number of ether oxygens (including phenoxy) is 1. The molecular formula is C17H34N2O2. The lowest BCUT2D eigenvalue weighted by molar-refractivity contribution is -0.148. The van der Waals surface area contributed by atoms with Crippen molar-refractivity contribution in [1.82, 2.24) is 10.2 Å². The molecule has 1 saturated heterocycles. The zero-order valence-corrected chi connectivity index (χ0v) is 14.4. The van der Waals surface area contributed by atoms with Gasteiger partial charge in [-0.1, -0.05) is 27.2 Å². The van der Waals surface area contributed by atoms with E-state index in [1.165, 1.54) is 0 Å². The fourth-order valence-corrected chi connectivity index (χ4v) is 3.63. The molecule has 0 spiro atoms. The molecular weight excluding hydrogens is 264 g/mol. The molecule has 0 radical (unpaired) electrons. The highest BCUT2D eigenvalue weighted by Gasteiger charge is 2.42. The van der Waals surface area contributed by atoms with Crippen molar-refractivity contribution in [3.8, 4) is 0 Å². The van der Waals surface area contributed by atoms with Crippen LogP contribution in [0.4, 0.5) is 0 Å². The quantitative estimate of drug-likeness (QED) is 0.711. The Hall–Kier alpha value is -0.610. The van der Waals surface area contributed by atoms with Crippen LogP contribution in [-0.4, -0.2) is 50.2 Å². The Morgan fingerprint density at radius 1 is 1.24 bits per heavy atom. The van der Waals surface area contributed by atoms with Crippen LogP contribution in [0.5, 0.6) is 0 Å². The van der Waals surface area contributed by atoms with E-state index in [0.717, 1.165) is 58.2 Å². The van der Waals surface area contributed by atoms with Crippen LogP contribution in [0.1, 0.15) is 59.3 Å². The average molecular weight is 298 g/mol. The van der Waals surface area contributed by atoms with Gasteiger partial charge < -0.3 is 15.0 Å². The van der Waals surface area contributed by atoms with Crippen LogP contribution < -0.4 is 5.32 Å². The molecule has 1 N–H and O–H groups in total. The highest BCUT2D eigenvalue weighted by molar-refractivity contribution is 5.83. The first-order chi connectivity index (χ1) is 10.1. The second kappa shape index (κ2) is 9.42. The summed E-state index contributed by atoms with van der Waals surface area (Å²) in [5, 5.41) is 3.40. The van der Waals surface area contributed by atoms with Gasteiger partial charge >= 0.3 is 0 Å². The van der Waals surface area contributed by atoms with Crippen molar-refractivity contribution in [2.75, 3.05) is 33.4 Å². The number of nitrogens with one attached hydrogen (secondary N) is 1. The average Bonchev–Trinajstić information content (AvgIpc) is 2.52. The van der Waals surface area contributed by atoms with Crippen molar-refractivity contribution in [3.63, 3.8) is 0 Å². The summed E-state index contributed by atoms with van der Waals surface area (Å²) in [4.78, 5) is 15.4. The third-order valence-corrected chi connectivity index (χ3v) is 4.92. The fourth-order valence-electron chi connectivity index (χ4n) is 3.63. The van der Waals surface area contributed by atoms with Crippen LogP contribution in [0, 0.1) is 5.41 Å². The zero-order chi connectivity index (χ0) is 15.7. The van der Waals surface area contributed by atoms with Crippen LogP contribution >= 0.6 is 0 Å². The van der Waals surface area contributed by atoms with Crippen molar-refractivity contribution < 1.29 is 9.53 Å². The van der Waals surface area contributed by atoms with Crippen molar-refractivity contribution in [2.24, 2.45) is 5.41 Å². The van der Waals surface area contributed by atoms with E-state index in [1.54, 1.807) is 7.11 Å². The first kappa shape index (κ1) is 18.4. The Balaban J connectivity index is 2.93. The number of nitrogens with zero attached hydrogens (tertiary/aromatic N) is 1. The number of piperidine rings is 1. The first-order valence-corrected chi connectivity index (χ1v) is 8.65. The van der Waals surface area contributed by atoms with Crippen molar-refractivity contribution in [2.45, 2.75) is 65.3 Å². The predicted molar refractivity (Wildman–Crippen MR) is 87.4 cm³/mol. The minimum Gasteiger partial charge on any atom is -0.383 e. The molecule has 1 aliphatic heterocycles. The van der Waals surface area contributed by atoms with Crippen LogP contribution in [-0.2, 0) is 9.53 Å². The highest BCUT2D eigenvalue weighted by Crippen LogP contribution is 2.37. The highest BCUT2D eigenvalue weighted by atomic mass is 16.5. The van der Waals surface area contributed by atoms with Gasteiger partial charge in [-0.05, 0) is 45.2 Å². The molecule has 4 heteroatoms. The standard InChI is InChI=1S/C17H34N2O2/c1-5-8-17(9-11-18-12-10-17)16(20)19(13-14-21-4)15(6-2)7-3/h15,18H,5-14H2,1-4H3. The summed E-state index contributed by atoms with van der Waals surface area (Å²) in [7, 11) is 1.71. The summed E-state index contributed by atoms with van der Waals surface area (Å²) in [5.41, 5.74) is -0.143. The van der Waals surface area contributed by atoms with Crippen LogP contribution in [0.25, 0.3) is 0 Å². The summed E-state index contributed by atoms with van der Waals surface area (Å²) in [6.07, 6.45) is 6.08. The SMILES string of the molecule is CCCC1(C(=O)N(CCOC)C(CC)CC)CCNCC1. The van der Waals surface area contributed by atoms with Gasteiger partial charge in [0.1, 0.15) is 0 Å². The van der Waals surface area contributed by atoms with Gasteiger partial charge in [0.15, 0.2) is 0 Å². The third kappa shape index (κ3) is 4.68. The molecule has 0 atom stereocenters. The van der Waals surface area contributed by atoms with Gasteiger partial charge in [-0.25, -0.2) is 0 Å². The molecule has 0 aromatic rings. The maximum atomic E-state index is 13.3. The molecule has 0 unspecified atom stereocenters. The van der Waals surface area contributed by atoms with Gasteiger partial charge in [-0.2, -0.15) is 0 Å². The topological polar surface area (TPSA) is 41.6 Å². The van der Waals surface area contributed by atoms with E-state index in [4.69, 9.17) is 4.74 Å². The molecule has 4 nitrogen and oxygen atoms in total. The van der Waals surface area contributed by atoms with Gasteiger partial charge in [0.2, 0.25) is 5.91 Å². The second-order valence-electron chi connectivity index (χ2n) is 6.24. The number of carbonyl (C=O) groups is 1. The predicted octanol–water partition coefficient (Wildman–Crippen LogP) is 2.82. The first-order valence-electron chi connectivity index (χ1n) is 8.65. The van der Waals surface area contributed by atoms with E-state index in [2.05, 4.69) is 31.0 Å². The number of rotatable bonds is 9. The van der Waals surface area contributed by atoms with Gasteiger partial charge in [0, 0.05) is 19.7 Å². The second-order valence-corrected chi connectivity index (χ2v) is 6.24. The molecule has 1 amide bonds. The van der Waals surface area contributed by atoms with Crippen LogP contribution in [0.15, 0.2) is 0 Å². The third-order valence-electron chi connectivity index (χ3n) is 4.92. The Morgan fingerprint density at radius 2 is 1.86 bits per heavy atom. The zero-order valence-electron chi connectivity index (χ0n) is 14.4. The van der Waals surface area contributed by atoms with E-state index in [-0.39, 0.29) is 5.41 Å². The normalized spacial score (nSPS) is 18.0. The van der Waals surface area contributed by atoms with Crippen molar-refractivity contribution in [3.05, 3.63) is 0 Å². The summed E-state index contributed by atoms with van der Waals surface area (Å²) in [6, 6.07) is 0.344. The molecule has 1 heterocycles. The lowest BCUT2D eigenvalue weighted by atomic mass is 9.74. The van der Waals surface area contributed by atoms with Crippen LogP contribution in [0.2, 0.25) is 0 Å². The van der Waals surface area contributed by atoms with Gasteiger partial charge in [-0.15, -0.1) is 0 Å². The minimum absolute atomic E-state index is 0.143. The largest absolute Gasteiger partial charge is 0.383 e. The number of methoxy groups -OCH3 is 1. The molecule has 1 rings (SSSR count). The molecule has 0 aromatic heterocycles. The minimum atomic E-state index is -0.143. The van der Waals surface area contributed by atoms with Gasteiger partial charge in [0.25, 0.3) is 0 Å². The number of hydrogen-bond acceptors (Lipinski definition) is 3. The van der Waals surface area contributed by atoms with Crippen molar-refractivity contribution >= 4 is 5.91 Å². The maximum absolute atomic E-state index is 13.3. The molecule has 1 aliphatic rings. The van der Waals surface area contributed by atoms with E-state index in [9.17, 15) is 4.79 Å². The Morgan fingerprint density at radius 3 is 2.33 bits per heavy atom. The fraction of sp³-hybridized carbons (Fsp3) is 0.941. The maximum Gasteiger partial charge on any atom is 0.229 e. The summed E-state index contributed by atoms with van der Waals surface area (Å²) in [6.45, 7) is 9.82. The molecule has 0 aromatic carbocycles. The number of amides is 1. The lowest BCUT2D eigenvalue weighted by Crippen LogP contribution is -2.53. The molecule has 124 valence electrons. The molecule has 21 heavy (non-hydrogen) atoms. The monoisotopic (exact) mass is 298 g/mol. The smallest absolute Gasteiger partial charge is 0.229 e. The van der Waals surface area contributed by atoms with E-state index in [1.807, 2.05) is 0 Å². The Labute approximate surface area is 130 Å². The summed E-state index contributed by atoms with van der Waals surface area (Å²) < 4.78 is 5.24. The summed E-state index contributed by atoms with van der Waals surface area (Å²) >= 11 is 0. The van der Waals surface area contributed by atoms with Gasteiger partial charge in [0.05, 0.1) is 12.0 Å². The van der Waals surface area contributed by atoms with E-state index < -0.39 is 0 Å². The van der Waals surface area contributed by atoms with E-state index in [0.29, 0.717) is 18.6 Å².